The smallest absolute Gasteiger partial charge is 0.193 e. The van der Waals surface area contributed by atoms with Gasteiger partial charge in [0.25, 0.3) is 0 Å². The number of hydrogen-bond donors (Lipinski definition) is 2. The molecule has 2 aromatic rings. The maximum absolute atomic E-state index is 5.99. The quantitative estimate of drug-likeness (QED) is 0.669. The highest BCUT2D eigenvalue weighted by molar-refractivity contribution is 5.92. The van der Waals surface area contributed by atoms with Crippen LogP contribution in [0.15, 0.2) is 47.6 Å². The molecule has 3 N–H and O–H groups in total. The fraction of sp³-hybridized carbons (Fsp3) is 0.368. The molecule has 0 spiro atoms. The lowest BCUT2D eigenvalue weighted by Gasteiger charge is -2.27. The van der Waals surface area contributed by atoms with Gasteiger partial charge >= 0.3 is 0 Å². The van der Waals surface area contributed by atoms with Gasteiger partial charge in [-0.1, -0.05) is 17.7 Å². The highest BCUT2D eigenvalue weighted by Crippen LogP contribution is 2.18. The average Bonchev–Trinajstić information content (AvgIpc) is 2.63. The third-order valence-electron chi connectivity index (χ3n) is 4.25. The Morgan fingerprint density at radius 2 is 1.92 bits per heavy atom. The van der Waals surface area contributed by atoms with E-state index in [9.17, 15) is 0 Å². The Hall–Kier alpha value is -2.56. The van der Waals surface area contributed by atoms with Crippen LogP contribution >= 0.6 is 0 Å². The van der Waals surface area contributed by atoms with E-state index < -0.39 is 0 Å². The van der Waals surface area contributed by atoms with Gasteiger partial charge in [-0.15, -0.1) is 0 Å². The lowest BCUT2D eigenvalue weighted by molar-refractivity contribution is 0.573. The largest absolute Gasteiger partial charge is 0.370 e. The third-order valence-corrected chi connectivity index (χ3v) is 4.25. The van der Waals surface area contributed by atoms with Crippen LogP contribution in [0.25, 0.3) is 0 Å². The van der Waals surface area contributed by atoms with Gasteiger partial charge in [-0.25, -0.2) is 9.98 Å². The third kappa shape index (κ3) is 4.47. The molecule has 1 aromatic heterocycles. The monoisotopic (exact) mass is 323 g/mol. The normalized spacial score (nSPS) is 15.4. The molecule has 1 saturated heterocycles. The summed E-state index contributed by atoms with van der Waals surface area (Å²) < 4.78 is 0. The van der Waals surface area contributed by atoms with Crippen molar-refractivity contribution in [2.45, 2.75) is 32.7 Å². The Morgan fingerprint density at radius 3 is 2.67 bits per heavy atom. The molecule has 1 aliphatic heterocycles. The van der Waals surface area contributed by atoms with Gasteiger partial charge in [0.1, 0.15) is 5.82 Å². The van der Waals surface area contributed by atoms with E-state index in [0.717, 1.165) is 30.2 Å². The molecule has 0 atom stereocenters. The van der Waals surface area contributed by atoms with Gasteiger partial charge in [0.15, 0.2) is 5.96 Å². The van der Waals surface area contributed by atoms with Crippen LogP contribution in [0.3, 0.4) is 0 Å². The molecule has 2 heterocycles. The van der Waals surface area contributed by atoms with Crippen LogP contribution in [0.5, 0.6) is 0 Å². The summed E-state index contributed by atoms with van der Waals surface area (Å²) in [5.74, 6) is 1.47. The first-order valence-corrected chi connectivity index (χ1v) is 8.54. The minimum atomic E-state index is 0.426. The number of nitrogens with zero attached hydrogens (tertiary/aromatic N) is 3. The number of piperidine rings is 1. The standard InChI is InChI=1S/C19H25N5/c1-15-5-7-17(8-6-15)23-19(20)22-14-16-9-10-21-18(13-16)24-11-3-2-4-12-24/h5-10,13H,2-4,11-12,14H2,1H3,(H3,20,22,23). The Kier molecular flexibility index (Phi) is 5.31. The second-order valence-electron chi connectivity index (χ2n) is 6.26. The predicted molar refractivity (Wildman–Crippen MR) is 100 cm³/mol. The van der Waals surface area contributed by atoms with Gasteiger partial charge < -0.3 is 16.0 Å². The van der Waals surface area contributed by atoms with Crippen LogP contribution in [-0.4, -0.2) is 24.0 Å². The topological polar surface area (TPSA) is 66.5 Å². The molecule has 0 radical (unpaired) electrons. The van der Waals surface area contributed by atoms with Crippen molar-refractivity contribution in [1.29, 1.82) is 0 Å². The maximum Gasteiger partial charge on any atom is 0.193 e. The van der Waals surface area contributed by atoms with E-state index >= 15 is 0 Å². The maximum atomic E-state index is 5.99. The molecule has 24 heavy (non-hydrogen) atoms. The van der Waals surface area contributed by atoms with E-state index in [2.05, 4.69) is 33.2 Å². The average molecular weight is 323 g/mol. The van der Waals surface area contributed by atoms with Crippen LogP contribution in [0, 0.1) is 6.92 Å². The van der Waals surface area contributed by atoms with Crippen LogP contribution in [0.2, 0.25) is 0 Å². The molecule has 3 rings (SSSR count). The molecule has 0 amide bonds. The van der Waals surface area contributed by atoms with Crippen molar-refractivity contribution in [3.8, 4) is 0 Å². The zero-order valence-electron chi connectivity index (χ0n) is 14.2. The zero-order chi connectivity index (χ0) is 16.8. The van der Waals surface area contributed by atoms with Crippen molar-refractivity contribution in [2.24, 2.45) is 10.7 Å². The van der Waals surface area contributed by atoms with E-state index in [0.29, 0.717) is 12.5 Å². The van der Waals surface area contributed by atoms with Gasteiger partial charge in [0.2, 0.25) is 0 Å². The van der Waals surface area contributed by atoms with Crippen LogP contribution in [0.4, 0.5) is 11.5 Å². The number of pyridine rings is 1. The van der Waals surface area contributed by atoms with Crippen molar-refractivity contribution >= 4 is 17.5 Å². The number of anilines is 2. The number of guanidine groups is 1. The molecular weight excluding hydrogens is 298 g/mol. The molecule has 1 aromatic carbocycles. The highest BCUT2D eigenvalue weighted by atomic mass is 15.2. The van der Waals surface area contributed by atoms with Crippen molar-refractivity contribution in [1.82, 2.24) is 4.98 Å². The number of rotatable bonds is 4. The van der Waals surface area contributed by atoms with E-state index in [-0.39, 0.29) is 0 Å². The summed E-state index contributed by atoms with van der Waals surface area (Å²) in [4.78, 5) is 11.3. The number of hydrogen-bond acceptors (Lipinski definition) is 3. The Bertz CT molecular complexity index is 687. The molecule has 1 aliphatic rings. The van der Waals surface area contributed by atoms with Crippen LogP contribution < -0.4 is 16.0 Å². The first kappa shape index (κ1) is 16.3. The number of aromatic nitrogens is 1. The number of nitrogens with one attached hydrogen (secondary N) is 1. The minimum absolute atomic E-state index is 0.426. The molecular formula is C19H25N5. The van der Waals surface area contributed by atoms with Gasteiger partial charge in [0, 0.05) is 25.0 Å². The van der Waals surface area contributed by atoms with Gasteiger partial charge in [-0.2, -0.15) is 0 Å². The van der Waals surface area contributed by atoms with Crippen molar-refractivity contribution in [2.75, 3.05) is 23.3 Å². The molecule has 5 nitrogen and oxygen atoms in total. The van der Waals surface area contributed by atoms with Gasteiger partial charge in [-0.3, -0.25) is 0 Å². The molecule has 1 fully saturated rings. The molecule has 0 saturated carbocycles. The first-order chi connectivity index (χ1) is 11.7. The highest BCUT2D eigenvalue weighted by Gasteiger charge is 2.12. The molecule has 0 bridgehead atoms. The summed E-state index contributed by atoms with van der Waals surface area (Å²) in [6.45, 7) is 4.80. The Labute approximate surface area is 143 Å². The Morgan fingerprint density at radius 1 is 1.17 bits per heavy atom. The number of aliphatic imine (C=N–C) groups is 1. The fourth-order valence-corrected chi connectivity index (χ4v) is 2.86. The van der Waals surface area contributed by atoms with Crippen LogP contribution in [-0.2, 0) is 6.54 Å². The lowest BCUT2D eigenvalue weighted by atomic mass is 10.1. The fourth-order valence-electron chi connectivity index (χ4n) is 2.86. The van der Waals surface area contributed by atoms with Gasteiger partial charge in [0.05, 0.1) is 6.54 Å². The zero-order valence-corrected chi connectivity index (χ0v) is 14.2. The summed E-state index contributed by atoms with van der Waals surface area (Å²) in [6.07, 6.45) is 5.68. The van der Waals surface area contributed by atoms with Crippen LogP contribution in [0.1, 0.15) is 30.4 Å². The SMILES string of the molecule is Cc1ccc(NC(N)=NCc2ccnc(N3CCCCC3)c2)cc1. The lowest BCUT2D eigenvalue weighted by Crippen LogP contribution is -2.30. The van der Waals surface area contributed by atoms with E-state index in [1.165, 1.54) is 24.8 Å². The molecule has 5 heteroatoms. The Balaban J connectivity index is 1.61. The minimum Gasteiger partial charge on any atom is -0.370 e. The van der Waals surface area contributed by atoms with E-state index in [1.807, 2.05) is 36.5 Å². The second kappa shape index (κ2) is 7.81. The summed E-state index contributed by atoms with van der Waals surface area (Å²) in [5.41, 5.74) is 9.28. The number of benzene rings is 1. The molecule has 0 unspecified atom stereocenters. The number of aryl methyl sites for hydroxylation is 1. The second-order valence-corrected chi connectivity index (χ2v) is 6.26. The summed E-state index contributed by atoms with van der Waals surface area (Å²) in [7, 11) is 0. The number of nitrogens with two attached hydrogens (primary N) is 1. The summed E-state index contributed by atoms with van der Waals surface area (Å²) in [6, 6.07) is 12.2. The first-order valence-electron chi connectivity index (χ1n) is 8.54. The van der Waals surface area contributed by atoms with Crippen molar-refractivity contribution in [3.05, 3.63) is 53.7 Å². The van der Waals surface area contributed by atoms with Crippen molar-refractivity contribution in [3.63, 3.8) is 0 Å². The predicted octanol–water partition coefficient (Wildman–Crippen LogP) is 3.31. The van der Waals surface area contributed by atoms with E-state index in [4.69, 9.17) is 5.73 Å². The van der Waals surface area contributed by atoms with Crippen molar-refractivity contribution < 1.29 is 0 Å². The van der Waals surface area contributed by atoms with Gasteiger partial charge in [-0.05, 0) is 56.0 Å². The molecule has 126 valence electrons. The summed E-state index contributed by atoms with van der Waals surface area (Å²) >= 11 is 0. The molecule has 0 aliphatic carbocycles. The van der Waals surface area contributed by atoms with E-state index in [1.54, 1.807) is 0 Å². The summed E-state index contributed by atoms with van der Waals surface area (Å²) in [5, 5.41) is 3.12.